The summed E-state index contributed by atoms with van der Waals surface area (Å²) in [5.74, 6) is -0.294. The first-order valence-corrected chi connectivity index (χ1v) is 14.1. The van der Waals surface area contributed by atoms with Gasteiger partial charge in [0.15, 0.2) is 0 Å². The Morgan fingerprint density at radius 2 is 1.92 bits per heavy atom. The van der Waals surface area contributed by atoms with Crippen LogP contribution in [0.3, 0.4) is 0 Å². The topological polar surface area (TPSA) is 105 Å². The standard InChI is InChI=1S/C27H31FN4O5S/c1-3-37-27(33)19-9-14-32(15-10-19)38(34,35)31-12-7-18(8-13-31)24-17-23-21(6-11-29-26(23)30-24)22-16-20(28)4-5-25(22)36-2/h4-7,11,16-17,19H,3,8-10,12-15H2,1-2H3,(H,29,30). The number of benzene rings is 1. The number of nitrogens with zero attached hydrogens (tertiary/aromatic N) is 3. The summed E-state index contributed by atoms with van der Waals surface area (Å²) in [6.45, 7) is 3.30. The maximum Gasteiger partial charge on any atom is 0.309 e. The lowest BCUT2D eigenvalue weighted by atomic mass is 9.98. The second-order valence-electron chi connectivity index (χ2n) is 9.42. The zero-order valence-electron chi connectivity index (χ0n) is 21.4. The molecule has 0 atom stereocenters. The summed E-state index contributed by atoms with van der Waals surface area (Å²) in [6, 6.07) is 8.20. The van der Waals surface area contributed by atoms with Gasteiger partial charge in [-0.1, -0.05) is 6.08 Å². The molecule has 9 nitrogen and oxygen atoms in total. The SMILES string of the molecule is CCOC(=O)C1CCN(S(=O)(=O)N2CC=C(c3cc4c(-c5cc(F)ccc5OC)ccnc4[nH]3)CC2)CC1. The molecule has 5 rings (SSSR count). The van der Waals surface area contributed by atoms with Gasteiger partial charge in [0.2, 0.25) is 0 Å². The van der Waals surface area contributed by atoms with Gasteiger partial charge in [-0.15, -0.1) is 0 Å². The fourth-order valence-electron chi connectivity index (χ4n) is 5.18. The maximum atomic E-state index is 14.1. The number of piperidine rings is 1. The van der Waals surface area contributed by atoms with Crippen LogP contribution >= 0.6 is 0 Å². The predicted octanol–water partition coefficient (Wildman–Crippen LogP) is 3.99. The van der Waals surface area contributed by atoms with Crippen molar-refractivity contribution < 1.29 is 27.1 Å². The van der Waals surface area contributed by atoms with E-state index in [1.807, 2.05) is 18.2 Å². The molecule has 0 unspecified atom stereocenters. The minimum atomic E-state index is -3.63. The van der Waals surface area contributed by atoms with E-state index in [0.717, 1.165) is 22.2 Å². The van der Waals surface area contributed by atoms with Gasteiger partial charge in [-0.05, 0) is 67.7 Å². The molecule has 38 heavy (non-hydrogen) atoms. The zero-order valence-corrected chi connectivity index (χ0v) is 22.3. The molecular formula is C27H31FN4O5S. The van der Waals surface area contributed by atoms with Crippen molar-refractivity contribution in [2.75, 3.05) is 39.9 Å². The molecule has 1 N–H and O–H groups in total. The number of carbonyl (C=O) groups excluding carboxylic acids is 1. The Kier molecular flexibility index (Phi) is 7.51. The summed E-state index contributed by atoms with van der Waals surface area (Å²) in [7, 11) is -2.08. The summed E-state index contributed by atoms with van der Waals surface area (Å²) in [5, 5.41) is 0.826. The van der Waals surface area contributed by atoms with Crippen LogP contribution in [-0.2, 0) is 19.7 Å². The van der Waals surface area contributed by atoms with Gasteiger partial charge >= 0.3 is 5.97 Å². The quantitative estimate of drug-likeness (QED) is 0.453. The van der Waals surface area contributed by atoms with Crippen molar-refractivity contribution in [3.8, 4) is 16.9 Å². The van der Waals surface area contributed by atoms with Crippen LogP contribution in [0, 0.1) is 11.7 Å². The van der Waals surface area contributed by atoms with E-state index in [0.29, 0.717) is 62.5 Å². The predicted molar refractivity (Wildman–Crippen MR) is 142 cm³/mol. The van der Waals surface area contributed by atoms with E-state index in [1.54, 1.807) is 26.3 Å². The average molecular weight is 543 g/mol. The number of halogens is 1. The molecular weight excluding hydrogens is 511 g/mol. The highest BCUT2D eigenvalue weighted by atomic mass is 32.2. The number of rotatable bonds is 7. The molecule has 1 aromatic carbocycles. The fraction of sp³-hybridized carbons (Fsp3) is 0.407. The van der Waals surface area contributed by atoms with Gasteiger partial charge in [0.05, 0.1) is 19.6 Å². The van der Waals surface area contributed by atoms with Gasteiger partial charge in [-0.2, -0.15) is 17.0 Å². The largest absolute Gasteiger partial charge is 0.496 e. The van der Waals surface area contributed by atoms with Gasteiger partial charge in [-0.3, -0.25) is 4.79 Å². The highest BCUT2D eigenvalue weighted by Crippen LogP contribution is 2.37. The van der Waals surface area contributed by atoms with Gasteiger partial charge in [-0.25, -0.2) is 9.37 Å². The zero-order chi connectivity index (χ0) is 26.9. The van der Waals surface area contributed by atoms with Crippen LogP contribution in [0.25, 0.3) is 27.7 Å². The van der Waals surface area contributed by atoms with Crippen LogP contribution in [0.2, 0.25) is 0 Å². The molecule has 0 aliphatic carbocycles. The van der Waals surface area contributed by atoms with E-state index in [2.05, 4.69) is 9.97 Å². The third-order valence-corrected chi connectivity index (χ3v) is 9.23. The normalized spacial score (nSPS) is 17.9. The summed E-state index contributed by atoms with van der Waals surface area (Å²) in [5.41, 5.74) is 3.92. The van der Waals surface area contributed by atoms with E-state index in [-0.39, 0.29) is 24.2 Å². The molecule has 0 radical (unpaired) electrons. The molecule has 0 spiro atoms. The molecule has 0 bridgehead atoms. The van der Waals surface area contributed by atoms with Crippen molar-refractivity contribution in [3.63, 3.8) is 0 Å². The van der Waals surface area contributed by atoms with Crippen LogP contribution in [0.4, 0.5) is 4.39 Å². The minimum absolute atomic E-state index is 0.248. The molecule has 3 aromatic rings. The van der Waals surface area contributed by atoms with Crippen molar-refractivity contribution in [1.82, 2.24) is 18.6 Å². The number of hydrogen-bond donors (Lipinski definition) is 1. The Labute approximate surface area is 221 Å². The summed E-state index contributed by atoms with van der Waals surface area (Å²) in [4.78, 5) is 19.8. The molecule has 0 saturated carbocycles. The van der Waals surface area contributed by atoms with Gasteiger partial charge < -0.3 is 14.5 Å². The van der Waals surface area contributed by atoms with Crippen molar-refractivity contribution in [2.45, 2.75) is 26.2 Å². The van der Waals surface area contributed by atoms with E-state index in [4.69, 9.17) is 9.47 Å². The van der Waals surface area contributed by atoms with E-state index in [1.165, 1.54) is 20.7 Å². The van der Waals surface area contributed by atoms with Crippen molar-refractivity contribution >= 4 is 32.8 Å². The molecule has 2 aliphatic rings. The van der Waals surface area contributed by atoms with Crippen molar-refractivity contribution in [2.24, 2.45) is 5.92 Å². The monoisotopic (exact) mass is 542 g/mol. The molecule has 2 aromatic heterocycles. The number of ether oxygens (including phenoxy) is 2. The van der Waals surface area contributed by atoms with Crippen LogP contribution < -0.4 is 4.74 Å². The first-order chi connectivity index (χ1) is 18.3. The lowest BCUT2D eigenvalue weighted by molar-refractivity contribution is -0.149. The number of pyridine rings is 1. The number of hydrogen-bond acceptors (Lipinski definition) is 6. The molecule has 1 saturated heterocycles. The number of H-pyrrole nitrogens is 1. The van der Waals surface area contributed by atoms with Gasteiger partial charge in [0.1, 0.15) is 17.2 Å². The lowest BCUT2D eigenvalue weighted by Gasteiger charge is -2.35. The first-order valence-electron chi connectivity index (χ1n) is 12.7. The number of carbonyl (C=O) groups is 1. The summed E-state index contributed by atoms with van der Waals surface area (Å²) in [6.07, 6.45) is 5.04. The van der Waals surface area contributed by atoms with Crippen LogP contribution in [0.5, 0.6) is 5.75 Å². The first kappa shape index (κ1) is 26.3. The Morgan fingerprint density at radius 3 is 2.61 bits per heavy atom. The third kappa shape index (κ3) is 5.05. The number of aromatic amines is 1. The van der Waals surface area contributed by atoms with E-state index >= 15 is 0 Å². The molecule has 1 fully saturated rings. The van der Waals surface area contributed by atoms with Gasteiger partial charge in [0, 0.05) is 49.0 Å². The minimum Gasteiger partial charge on any atom is -0.496 e. The number of aromatic nitrogens is 2. The Bertz CT molecular complexity index is 1480. The number of nitrogens with one attached hydrogen (secondary N) is 1. The fourth-order valence-corrected chi connectivity index (χ4v) is 6.76. The highest BCUT2D eigenvalue weighted by molar-refractivity contribution is 7.86. The van der Waals surface area contributed by atoms with Crippen LogP contribution in [0.15, 0.2) is 42.6 Å². The van der Waals surface area contributed by atoms with E-state index < -0.39 is 10.2 Å². The van der Waals surface area contributed by atoms with Crippen LogP contribution in [-0.4, -0.2) is 72.9 Å². The second-order valence-corrected chi connectivity index (χ2v) is 11.3. The maximum absolute atomic E-state index is 14.1. The number of methoxy groups -OCH3 is 1. The number of esters is 1. The average Bonchev–Trinajstić information content (AvgIpc) is 3.38. The molecule has 11 heteroatoms. The van der Waals surface area contributed by atoms with Crippen molar-refractivity contribution in [3.05, 3.63) is 54.1 Å². The Balaban J connectivity index is 1.33. The third-order valence-electron chi connectivity index (χ3n) is 7.23. The van der Waals surface area contributed by atoms with E-state index in [9.17, 15) is 17.6 Å². The van der Waals surface area contributed by atoms with Gasteiger partial charge in [0.25, 0.3) is 10.2 Å². The molecule has 0 amide bonds. The summed E-state index contributed by atoms with van der Waals surface area (Å²) < 4.78 is 54.1. The number of fused-ring (bicyclic) bond motifs is 1. The molecule has 202 valence electrons. The Hall–Kier alpha value is -3.28. The lowest BCUT2D eigenvalue weighted by Crippen LogP contribution is -2.49. The highest BCUT2D eigenvalue weighted by Gasteiger charge is 2.36. The molecule has 4 heterocycles. The second kappa shape index (κ2) is 10.8. The summed E-state index contributed by atoms with van der Waals surface area (Å²) >= 11 is 0. The smallest absolute Gasteiger partial charge is 0.309 e. The Morgan fingerprint density at radius 1 is 1.13 bits per heavy atom. The van der Waals surface area contributed by atoms with Crippen LogP contribution in [0.1, 0.15) is 31.9 Å². The van der Waals surface area contributed by atoms with Crippen molar-refractivity contribution in [1.29, 1.82) is 0 Å². The molecule has 2 aliphatic heterocycles.